The molecule has 0 saturated carbocycles. The minimum absolute atomic E-state index is 0.0157. The molecule has 2 rings (SSSR count). The molecule has 11 heteroatoms. The van der Waals surface area contributed by atoms with Gasteiger partial charge in [-0.05, 0) is 0 Å². The van der Waals surface area contributed by atoms with E-state index in [-0.39, 0.29) is 29.2 Å². The number of carbonyl (C=O) groups excluding carboxylic acids is 1. The third kappa shape index (κ3) is 6.58. The van der Waals surface area contributed by atoms with Crippen LogP contribution in [0.4, 0.5) is 28.3 Å². The topological polar surface area (TPSA) is 67.3 Å². The Kier molecular flexibility index (Phi) is 6.96. The number of nitrogens with one attached hydrogen (secondary N) is 1. The Morgan fingerprint density at radius 3 is 2.38 bits per heavy atom. The Labute approximate surface area is 172 Å². The summed E-state index contributed by atoms with van der Waals surface area (Å²) in [5.74, 6) is -0.0157. The predicted octanol–water partition coefficient (Wildman–Crippen LogP) is 3.80. The molecular weight excluding hydrogens is 499 g/mol. The first-order chi connectivity index (χ1) is 13.1. The number of alkyl halides is 4. The van der Waals surface area contributed by atoms with Gasteiger partial charge in [0.25, 0.3) is 0 Å². The van der Waals surface area contributed by atoms with E-state index in [1.54, 1.807) is 20.8 Å². The number of rotatable bonds is 3. The first-order valence-corrected chi connectivity index (χ1v) is 19.4. The van der Waals surface area contributed by atoms with Crippen LogP contribution in [0.1, 0.15) is 32.8 Å². The Balaban J connectivity index is 2.12. The van der Waals surface area contributed by atoms with Gasteiger partial charge in [-0.1, -0.05) is 0 Å². The zero-order chi connectivity index (χ0) is 22.2. The monoisotopic (exact) mass is 528 g/mol. The number of hydrogen-bond donors (Lipinski definition) is 1. The van der Waals surface area contributed by atoms with Crippen LogP contribution in [0.15, 0.2) is 6.20 Å². The first kappa shape index (κ1) is 23.9. The Hall–Kier alpha value is -1.33. The molecule has 164 valence electrons. The maximum absolute atomic E-state index is 14.6. The number of piperidine rings is 1. The van der Waals surface area contributed by atoms with Crippen molar-refractivity contribution in [3.05, 3.63) is 11.8 Å². The molecule has 6 nitrogen and oxygen atoms in total. The molecule has 0 aromatic carbocycles. The SMILES string of the molecule is CC(C)(C)OC(=O)N1CCC(Nc2ncc(C(F)(F)F)[c]([Sn]([CH3])([CH3])[CH3])n2)C(F)C1. The molecule has 2 heterocycles. The van der Waals surface area contributed by atoms with Crippen molar-refractivity contribution < 1.29 is 27.1 Å². The maximum atomic E-state index is 14.6. The van der Waals surface area contributed by atoms with Gasteiger partial charge in [-0.3, -0.25) is 0 Å². The molecular formula is C18H28F4N4O2Sn. The fourth-order valence-electron chi connectivity index (χ4n) is 2.96. The van der Waals surface area contributed by atoms with E-state index in [1.165, 1.54) is 4.90 Å². The third-order valence-corrected chi connectivity index (χ3v) is 9.46. The molecule has 1 saturated heterocycles. The minimum atomic E-state index is -4.53. The third-order valence-electron chi connectivity index (χ3n) is 4.31. The van der Waals surface area contributed by atoms with Crippen LogP contribution in [-0.4, -0.2) is 70.2 Å². The van der Waals surface area contributed by atoms with Crippen molar-refractivity contribution in [3.63, 3.8) is 0 Å². The van der Waals surface area contributed by atoms with Crippen molar-refractivity contribution in [1.29, 1.82) is 0 Å². The van der Waals surface area contributed by atoms with Crippen LogP contribution in [0.5, 0.6) is 0 Å². The number of hydrogen-bond acceptors (Lipinski definition) is 5. The van der Waals surface area contributed by atoms with Crippen LogP contribution >= 0.6 is 0 Å². The van der Waals surface area contributed by atoms with Crippen LogP contribution in [0, 0.1) is 0 Å². The summed E-state index contributed by atoms with van der Waals surface area (Å²) in [5.41, 5.74) is -1.50. The van der Waals surface area contributed by atoms with Gasteiger partial charge in [0.05, 0.1) is 0 Å². The zero-order valence-corrected chi connectivity index (χ0v) is 20.4. The summed E-state index contributed by atoms with van der Waals surface area (Å²) in [4.78, 5) is 26.8. The summed E-state index contributed by atoms with van der Waals surface area (Å²) in [6.07, 6.45) is -5.51. The second-order valence-corrected chi connectivity index (χ2v) is 23.4. The summed E-state index contributed by atoms with van der Waals surface area (Å²) in [5, 5.41) is 2.82. The molecule has 29 heavy (non-hydrogen) atoms. The summed E-state index contributed by atoms with van der Waals surface area (Å²) in [6.45, 7) is 5.28. The molecule has 0 bridgehead atoms. The fourth-order valence-corrected chi connectivity index (χ4v) is 7.11. The van der Waals surface area contributed by atoms with Crippen LogP contribution in [0.3, 0.4) is 0 Å². The molecule has 0 radical (unpaired) electrons. The Bertz CT molecular complexity index is 747. The van der Waals surface area contributed by atoms with E-state index in [2.05, 4.69) is 15.3 Å². The van der Waals surface area contributed by atoms with Crippen molar-refractivity contribution >= 4 is 34.1 Å². The van der Waals surface area contributed by atoms with E-state index < -0.39 is 54.0 Å². The van der Waals surface area contributed by atoms with Gasteiger partial charge >= 0.3 is 172 Å². The zero-order valence-electron chi connectivity index (χ0n) is 17.5. The van der Waals surface area contributed by atoms with Crippen molar-refractivity contribution in [1.82, 2.24) is 14.9 Å². The van der Waals surface area contributed by atoms with E-state index in [9.17, 15) is 22.4 Å². The second-order valence-electron chi connectivity index (χ2n) is 9.19. The number of anilines is 1. The standard InChI is InChI=1S/C15H19F4N4O2.3CH3.Sn/c1-14(2,3)25-13(24)23-5-4-11(10(16)8-23)22-12-20-6-9(7-21-12)15(17,18)19;;;;/h6,10-11H,4-5,8H2,1-3H3,(H,20,21,22);3*1H3;. The Morgan fingerprint density at radius 2 is 1.90 bits per heavy atom. The molecule has 0 aliphatic carbocycles. The number of halogens is 4. The first-order valence-electron chi connectivity index (χ1n) is 9.41. The number of amides is 1. The molecule has 2 unspecified atom stereocenters. The van der Waals surface area contributed by atoms with Crippen molar-refractivity contribution in [2.75, 3.05) is 18.4 Å². The van der Waals surface area contributed by atoms with Gasteiger partial charge in [-0.15, -0.1) is 0 Å². The van der Waals surface area contributed by atoms with Crippen LogP contribution in [-0.2, 0) is 10.9 Å². The summed E-state index contributed by atoms with van der Waals surface area (Å²) in [7, 11) is 0. The number of likely N-dealkylation sites (tertiary alicyclic amines) is 1. The molecule has 1 fully saturated rings. The van der Waals surface area contributed by atoms with E-state index in [0.717, 1.165) is 6.20 Å². The molecule has 1 aliphatic heterocycles. The predicted molar refractivity (Wildman–Crippen MR) is 105 cm³/mol. The van der Waals surface area contributed by atoms with Gasteiger partial charge in [0.15, 0.2) is 0 Å². The van der Waals surface area contributed by atoms with E-state index in [0.29, 0.717) is 0 Å². The molecule has 1 aromatic rings. The molecule has 1 aromatic heterocycles. The number of aromatic nitrogens is 2. The number of nitrogens with zero attached hydrogens (tertiary/aromatic N) is 3. The number of carbonyl (C=O) groups is 1. The van der Waals surface area contributed by atoms with Gasteiger partial charge in [-0.25, -0.2) is 0 Å². The van der Waals surface area contributed by atoms with E-state index in [4.69, 9.17) is 4.74 Å². The molecule has 1 amide bonds. The summed E-state index contributed by atoms with van der Waals surface area (Å²) < 4.78 is 59.8. The fraction of sp³-hybridized carbons (Fsp3) is 0.722. The van der Waals surface area contributed by atoms with Crippen LogP contribution in [0.25, 0.3) is 0 Å². The average Bonchev–Trinajstić information content (AvgIpc) is 2.53. The molecule has 1 N–H and O–H groups in total. The number of ether oxygens (including phenoxy) is 1. The average molecular weight is 527 g/mol. The molecule has 1 aliphatic rings. The van der Waals surface area contributed by atoms with Crippen LogP contribution < -0.4 is 9.03 Å². The second kappa shape index (κ2) is 8.43. The van der Waals surface area contributed by atoms with Crippen molar-refractivity contribution in [2.24, 2.45) is 0 Å². The van der Waals surface area contributed by atoms with Gasteiger partial charge in [-0.2, -0.15) is 0 Å². The van der Waals surface area contributed by atoms with Gasteiger partial charge < -0.3 is 0 Å². The van der Waals surface area contributed by atoms with Crippen molar-refractivity contribution in [2.45, 2.75) is 66.0 Å². The quantitative estimate of drug-likeness (QED) is 0.479. The molecule has 2 atom stereocenters. The summed E-state index contributed by atoms with van der Waals surface area (Å²) in [6, 6.07) is -0.701. The Morgan fingerprint density at radius 1 is 1.28 bits per heavy atom. The van der Waals surface area contributed by atoms with Crippen molar-refractivity contribution in [3.8, 4) is 0 Å². The van der Waals surface area contributed by atoms with E-state index in [1.807, 2.05) is 14.8 Å². The van der Waals surface area contributed by atoms with Gasteiger partial charge in [0.2, 0.25) is 0 Å². The van der Waals surface area contributed by atoms with Crippen LogP contribution in [0.2, 0.25) is 14.8 Å². The normalized spacial score (nSPS) is 21.1. The van der Waals surface area contributed by atoms with E-state index >= 15 is 0 Å². The van der Waals surface area contributed by atoms with Gasteiger partial charge in [0.1, 0.15) is 0 Å². The van der Waals surface area contributed by atoms with Gasteiger partial charge in [0, 0.05) is 0 Å². The molecule has 0 spiro atoms. The summed E-state index contributed by atoms with van der Waals surface area (Å²) >= 11 is -3.22.